The van der Waals surface area contributed by atoms with Crippen LogP contribution in [-0.4, -0.2) is 22.8 Å². The van der Waals surface area contributed by atoms with Gasteiger partial charge in [0.05, 0.1) is 0 Å². The highest BCUT2D eigenvalue weighted by Crippen LogP contribution is 2.25. The van der Waals surface area contributed by atoms with Gasteiger partial charge in [-0.1, -0.05) is 0 Å². The number of carbonyl (C=O) groups is 1. The van der Waals surface area contributed by atoms with E-state index >= 15 is 0 Å². The van der Waals surface area contributed by atoms with Crippen molar-refractivity contribution < 1.29 is 24.1 Å². The maximum atomic E-state index is 12.5. The van der Waals surface area contributed by atoms with E-state index in [0.29, 0.717) is 0 Å². The predicted molar refractivity (Wildman–Crippen MR) is 41.2 cm³/mol. The fraction of sp³-hybridized carbons (Fsp3) is 0.125. The average molecular weight is 186 g/mol. The summed E-state index contributed by atoms with van der Waals surface area (Å²) >= 11 is 0. The molecule has 0 aliphatic rings. The van der Waals surface area contributed by atoms with Gasteiger partial charge in [-0.25, -0.2) is 9.18 Å². The summed E-state index contributed by atoms with van der Waals surface area (Å²) in [6, 6.07) is 3.05. The van der Waals surface area contributed by atoms with Crippen molar-refractivity contribution in [3.63, 3.8) is 0 Å². The third-order valence-electron chi connectivity index (χ3n) is 1.27. The quantitative estimate of drug-likeness (QED) is 0.738. The molecule has 5 heteroatoms. The zero-order valence-corrected chi connectivity index (χ0v) is 6.53. The van der Waals surface area contributed by atoms with Crippen LogP contribution in [0.1, 0.15) is 0 Å². The lowest BCUT2D eigenvalue weighted by Crippen LogP contribution is -2.09. The molecule has 0 atom stereocenters. The Morgan fingerprint density at radius 2 is 2.23 bits per heavy atom. The summed E-state index contributed by atoms with van der Waals surface area (Å²) in [4.78, 5) is 10.1. The van der Waals surface area contributed by atoms with Gasteiger partial charge >= 0.3 is 5.97 Å². The van der Waals surface area contributed by atoms with Crippen LogP contribution in [0.25, 0.3) is 0 Å². The summed E-state index contributed by atoms with van der Waals surface area (Å²) in [5.41, 5.74) is 0. The van der Waals surface area contributed by atoms with Crippen LogP contribution in [0.3, 0.4) is 0 Å². The molecule has 0 unspecified atom stereocenters. The highest BCUT2D eigenvalue weighted by Gasteiger charge is 2.05. The van der Waals surface area contributed by atoms with E-state index in [4.69, 9.17) is 10.2 Å². The van der Waals surface area contributed by atoms with Crippen molar-refractivity contribution in [3.8, 4) is 11.5 Å². The number of aromatic hydroxyl groups is 1. The Kier molecular flexibility index (Phi) is 2.69. The second-order valence-electron chi connectivity index (χ2n) is 2.29. The average Bonchev–Trinajstić information content (AvgIpc) is 2.06. The number of benzene rings is 1. The molecule has 0 saturated heterocycles. The van der Waals surface area contributed by atoms with Crippen LogP contribution in [0.4, 0.5) is 4.39 Å². The second kappa shape index (κ2) is 3.75. The molecule has 0 aromatic heterocycles. The zero-order valence-electron chi connectivity index (χ0n) is 6.53. The third-order valence-corrected chi connectivity index (χ3v) is 1.27. The summed E-state index contributed by atoms with van der Waals surface area (Å²) in [6.45, 7) is -0.614. The first-order valence-electron chi connectivity index (χ1n) is 3.42. The van der Waals surface area contributed by atoms with Gasteiger partial charge in [-0.05, 0) is 12.1 Å². The Balaban J connectivity index is 2.75. The highest BCUT2D eigenvalue weighted by molar-refractivity contribution is 5.68. The first-order chi connectivity index (χ1) is 6.09. The van der Waals surface area contributed by atoms with E-state index in [9.17, 15) is 9.18 Å². The summed E-state index contributed by atoms with van der Waals surface area (Å²) in [6.07, 6.45) is 0. The minimum atomic E-state index is -1.19. The van der Waals surface area contributed by atoms with Gasteiger partial charge in [0, 0.05) is 6.07 Å². The summed E-state index contributed by atoms with van der Waals surface area (Å²) in [7, 11) is 0. The molecule has 0 heterocycles. The fourth-order valence-electron chi connectivity index (χ4n) is 0.743. The van der Waals surface area contributed by atoms with Crippen LogP contribution in [0.2, 0.25) is 0 Å². The molecule has 4 nitrogen and oxygen atoms in total. The Morgan fingerprint density at radius 1 is 1.54 bits per heavy atom. The lowest BCUT2D eigenvalue weighted by Gasteiger charge is -2.04. The van der Waals surface area contributed by atoms with Crippen molar-refractivity contribution in [1.82, 2.24) is 0 Å². The number of carboxylic acid groups (broad SMARTS) is 1. The largest absolute Gasteiger partial charge is 0.504 e. The standard InChI is InChI=1S/C8H7FO4/c9-5-1-2-6(10)7(3-5)13-4-8(11)12/h1-3,10H,4H2,(H,11,12). The van der Waals surface area contributed by atoms with Crippen LogP contribution in [-0.2, 0) is 4.79 Å². The van der Waals surface area contributed by atoms with Crippen molar-refractivity contribution in [2.75, 3.05) is 6.61 Å². The Bertz CT molecular complexity index is 324. The van der Waals surface area contributed by atoms with Crippen LogP contribution in [0, 0.1) is 5.82 Å². The van der Waals surface area contributed by atoms with E-state index in [1.54, 1.807) is 0 Å². The van der Waals surface area contributed by atoms with Gasteiger partial charge in [-0.2, -0.15) is 0 Å². The van der Waals surface area contributed by atoms with Gasteiger partial charge in [-0.3, -0.25) is 0 Å². The molecule has 13 heavy (non-hydrogen) atoms. The number of rotatable bonds is 3. The van der Waals surface area contributed by atoms with E-state index in [0.717, 1.165) is 18.2 Å². The minimum absolute atomic E-state index is 0.178. The monoisotopic (exact) mass is 186 g/mol. The number of hydrogen-bond acceptors (Lipinski definition) is 3. The van der Waals surface area contributed by atoms with E-state index in [1.165, 1.54) is 0 Å². The van der Waals surface area contributed by atoms with Crippen molar-refractivity contribution in [2.24, 2.45) is 0 Å². The molecule has 2 N–H and O–H groups in total. The summed E-state index contributed by atoms with van der Waals surface area (Å²) < 4.78 is 17.1. The molecule has 70 valence electrons. The number of halogens is 1. The van der Waals surface area contributed by atoms with Gasteiger partial charge in [0.15, 0.2) is 18.1 Å². The predicted octanol–water partition coefficient (Wildman–Crippen LogP) is 0.995. The first-order valence-corrected chi connectivity index (χ1v) is 3.42. The molecule has 1 aromatic rings. The molecule has 0 radical (unpaired) electrons. The van der Waals surface area contributed by atoms with Crippen molar-refractivity contribution in [2.45, 2.75) is 0 Å². The third kappa shape index (κ3) is 2.62. The SMILES string of the molecule is O=C(O)COc1cc(F)ccc1O. The number of hydrogen-bond donors (Lipinski definition) is 2. The topological polar surface area (TPSA) is 66.8 Å². The van der Waals surface area contributed by atoms with Gasteiger partial charge in [-0.15, -0.1) is 0 Å². The molecular weight excluding hydrogens is 179 g/mol. The first kappa shape index (κ1) is 9.31. The van der Waals surface area contributed by atoms with Crippen LogP contribution in [0.15, 0.2) is 18.2 Å². The Morgan fingerprint density at radius 3 is 2.85 bits per heavy atom. The molecule has 1 aromatic carbocycles. The number of phenolic OH excluding ortho intramolecular Hbond substituents is 1. The van der Waals surface area contributed by atoms with E-state index < -0.39 is 18.4 Å². The van der Waals surface area contributed by atoms with Crippen molar-refractivity contribution >= 4 is 5.97 Å². The number of aliphatic carboxylic acids is 1. The summed E-state index contributed by atoms with van der Waals surface area (Å²) in [5, 5.41) is 17.3. The molecule has 0 aliphatic heterocycles. The van der Waals surface area contributed by atoms with E-state index in [1.807, 2.05) is 0 Å². The minimum Gasteiger partial charge on any atom is -0.504 e. The summed E-state index contributed by atoms with van der Waals surface area (Å²) in [5.74, 6) is -2.26. The maximum absolute atomic E-state index is 12.5. The number of carboxylic acids is 1. The Labute approximate surface area is 73.2 Å². The molecule has 0 amide bonds. The van der Waals surface area contributed by atoms with Crippen LogP contribution >= 0.6 is 0 Å². The Hall–Kier alpha value is -1.78. The lowest BCUT2D eigenvalue weighted by molar-refractivity contribution is -0.139. The van der Waals surface area contributed by atoms with E-state index in [-0.39, 0.29) is 11.5 Å². The molecule has 0 aliphatic carbocycles. The molecule has 1 rings (SSSR count). The van der Waals surface area contributed by atoms with Gasteiger partial charge in [0.1, 0.15) is 5.82 Å². The van der Waals surface area contributed by atoms with Crippen LogP contribution in [0.5, 0.6) is 11.5 Å². The van der Waals surface area contributed by atoms with Crippen molar-refractivity contribution in [1.29, 1.82) is 0 Å². The van der Waals surface area contributed by atoms with Gasteiger partial charge < -0.3 is 14.9 Å². The lowest BCUT2D eigenvalue weighted by atomic mass is 10.3. The second-order valence-corrected chi connectivity index (χ2v) is 2.29. The highest BCUT2D eigenvalue weighted by atomic mass is 19.1. The smallest absolute Gasteiger partial charge is 0.341 e. The molecule has 0 bridgehead atoms. The van der Waals surface area contributed by atoms with Gasteiger partial charge in [0.25, 0.3) is 0 Å². The number of phenols is 1. The molecule has 0 spiro atoms. The molecule has 0 fully saturated rings. The molecule has 0 saturated carbocycles. The zero-order chi connectivity index (χ0) is 9.84. The van der Waals surface area contributed by atoms with Crippen LogP contribution < -0.4 is 4.74 Å². The molecular formula is C8H7FO4. The van der Waals surface area contributed by atoms with E-state index in [2.05, 4.69) is 4.74 Å². The number of ether oxygens (including phenoxy) is 1. The fourth-order valence-corrected chi connectivity index (χ4v) is 0.743. The maximum Gasteiger partial charge on any atom is 0.341 e. The van der Waals surface area contributed by atoms with Gasteiger partial charge in [0.2, 0.25) is 0 Å². The normalized spacial score (nSPS) is 9.62. The van der Waals surface area contributed by atoms with Crippen molar-refractivity contribution in [3.05, 3.63) is 24.0 Å².